The number of rotatable bonds is 5. The average molecular weight is 241 g/mol. The maximum absolute atomic E-state index is 13.7. The minimum Gasteiger partial charge on any atom is -0.497 e. The third-order valence-electron chi connectivity index (χ3n) is 2.31. The van der Waals surface area contributed by atoms with Gasteiger partial charge in [0.2, 0.25) is 6.17 Å². The van der Waals surface area contributed by atoms with Crippen molar-refractivity contribution < 1.29 is 18.7 Å². The highest BCUT2D eigenvalue weighted by atomic mass is 19.1. The van der Waals surface area contributed by atoms with Crippen LogP contribution in [0.5, 0.6) is 5.75 Å². The van der Waals surface area contributed by atoms with E-state index in [1.54, 1.807) is 31.2 Å². The number of carbonyl (C=O) groups excluding carboxylic acids is 1. The van der Waals surface area contributed by atoms with Gasteiger partial charge in [0, 0.05) is 0 Å². The number of benzene rings is 1. The topological polar surface area (TPSA) is 61.5 Å². The Kier molecular flexibility index (Phi) is 4.90. The predicted molar refractivity (Wildman–Crippen MR) is 61.5 cm³/mol. The first-order chi connectivity index (χ1) is 8.10. The van der Waals surface area contributed by atoms with E-state index in [9.17, 15) is 9.18 Å². The summed E-state index contributed by atoms with van der Waals surface area (Å²) < 4.78 is 23.2. The monoisotopic (exact) mass is 241 g/mol. The number of halogens is 1. The van der Waals surface area contributed by atoms with Crippen LogP contribution in [0.3, 0.4) is 0 Å². The van der Waals surface area contributed by atoms with Gasteiger partial charge in [-0.1, -0.05) is 12.1 Å². The normalized spacial score (nSPS) is 13.9. The molecular formula is C12H16FNO3. The van der Waals surface area contributed by atoms with E-state index in [0.29, 0.717) is 11.3 Å². The number of hydrogen-bond acceptors (Lipinski definition) is 4. The van der Waals surface area contributed by atoms with E-state index in [-0.39, 0.29) is 6.61 Å². The summed E-state index contributed by atoms with van der Waals surface area (Å²) in [4.78, 5) is 11.2. The van der Waals surface area contributed by atoms with Gasteiger partial charge in [0.1, 0.15) is 5.75 Å². The van der Waals surface area contributed by atoms with Gasteiger partial charge < -0.3 is 15.2 Å². The molecule has 17 heavy (non-hydrogen) atoms. The lowest BCUT2D eigenvalue weighted by Gasteiger charge is -2.16. The Morgan fingerprint density at radius 2 is 2.24 bits per heavy atom. The molecular weight excluding hydrogens is 225 g/mol. The molecule has 5 heteroatoms. The van der Waals surface area contributed by atoms with Gasteiger partial charge in [-0.2, -0.15) is 0 Å². The van der Waals surface area contributed by atoms with Crippen LogP contribution in [0.1, 0.15) is 18.5 Å². The van der Waals surface area contributed by atoms with Crippen molar-refractivity contribution in [2.75, 3.05) is 13.7 Å². The summed E-state index contributed by atoms with van der Waals surface area (Å²) >= 11 is 0. The fraction of sp³-hybridized carbons (Fsp3) is 0.417. The number of hydrogen-bond donors (Lipinski definition) is 1. The van der Waals surface area contributed by atoms with Gasteiger partial charge in [0.05, 0.1) is 19.8 Å². The van der Waals surface area contributed by atoms with Crippen molar-refractivity contribution in [2.24, 2.45) is 5.73 Å². The van der Waals surface area contributed by atoms with E-state index < -0.39 is 18.2 Å². The molecule has 0 aromatic heterocycles. The maximum Gasteiger partial charge on any atom is 0.342 e. The standard InChI is InChI=1S/C12H16FNO3/c1-3-17-12(15)10(13)11(14)8-5-4-6-9(7-8)16-2/h4-7,10-11H,3,14H2,1-2H3/t10?,11-/m1/s1. The van der Waals surface area contributed by atoms with Crippen LogP contribution in [0.4, 0.5) is 4.39 Å². The smallest absolute Gasteiger partial charge is 0.342 e. The van der Waals surface area contributed by atoms with Crippen LogP contribution in [-0.2, 0) is 9.53 Å². The highest BCUT2D eigenvalue weighted by molar-refractivity contribution is 5.75. The van der Waals surface area contributed by atoms with Crippen LogP contribution in [0, 0.1) is 0 Å². The van der Waals surface area contributed by atoms with Crippen LogP contribution < -0.4 is 10.5 Å². The van der Waals surface area contributed by atoms with Crippen molar-refractivity contribution in [2.45, 2.75) is 19.1 Å². The Morgan fingerprint density at radius 3 is 2.82 bits per heavy atom. The van der Waals surface area contributed by atoms with Gasteiger partial charge in [0.15, 0.2) is 0 Å². The zero-order valence-corrected chi connectivity index (χ0v) is 9.85. The van der Waals surface area contributed by atoms with Crippen LogP contribution in [0.2, 0.25) is 0 Å². The second-order valence-corrected chi connectivity index (χ2v) is 3.46. The Bertz CT molecular complexity index is 384. The predicted octanol–water partition coefficient (Wildman–Crippen LogP) is 1.60. The third-order valence-corrected chi connectivity index (χ3v) is 2.31. The molecule has 0 aliphatic carbocycles. The summed E-state index contributed by atoms with van der Waals surface area (Å²) in [6.07, 6.45) is -1.87. The van der Waals surface area contributed by atoms with E-state index in [1.165, 1.54) is 7.11 Å². The first kappa shape index (κ1) is 13.4. The molecule has 0 heterocycles. The van der Waals surface area contributed by atoms with Gasteiger partial charge in [-0.15, -0.1) is 0 Å². The summed E-state index contributed by atoms with van der Waals surface area (Å²) in [5.41, 5.74) is 6.15. The molecule has 0 saturated heterocycles. The Hall–Kier alpha value is -1.62. The lowest BCUT2D eigenvalue weighted by molar-refractivity contribution is -0.149. The number of esters is 1. The first-order valence-electron chi connectivity index (χ1n) is 5.30. The SMILES string of the molecule is CCOC(=O)C(F)[C@H](N)c1cccc(OC)c1. The fourth-order valence-corrected chi connectivity index (χ4v) is 1.39. The van der Waals surface area contributed by atoms with E-state index in [1.807, 2.05) is 0 Å². The quantitative estimate of drug-likeness (QED) is 0.795. The minimum absolute atomic E-state index is 0.129. The van der Waals surface area contributed by atoms with Crippen molar-refractivity contribution in [1.29, 1.82) is 0 Å². The average Bonchev–Trinajstić information content (AvgIpc) is 2.37. The molecule has 0 aliphatic rings. The lowest BCUT2D eigenvalue weighted by Crippen LogP contribution is -2.31. The zero-order chi connectivity index (χ0) is 12.8. The number of alkyl halides is 1. The summed E-state index contributed by atoms with van der Waals surface area (Å²) in [5, 5.41) is 0. The molecule has 2 N–H and O–H groups in total. The number of methoxy groups -OCH3 is 1. The number of ether oxygens (including phenoxy) is 2. The molecule has 0 fully saturated rings. The largest absolute Gasteiger partial charge is 0.497 e. The fourth-order valence-electron chi connectivity index (χ4n) is 1.39. The Morgan fingerprint density at radius 1 is 1.53 bits per heavy atom. The molecule has 0 amide bonds. The summed E-state index contributed by atoms with van der Waals surface area (Å²) in [5.74, 6) is -0.378. The van der Waals surface area contributed by atoms with Crippen molar-refractivity contribution in [3.63, 3.8) is 0 Å². The molecule has 1 aromatic carbocycles. The molecule has 0 radical (unpaired) electrons. The van der Waals surface area contributed by atoms with E-state index in [4.69, 9.17) is 10.5 Å². The molecule has 94 valence electrons. The molecule has 2 atom stereocenters. The van der Waals surface area contributed by atoms with Gasteiger partial charge in [-0.3, -0.25) is 0 Å². The molecule has 0 saturated carbocycles. The third kappa shape index (κ3) is 3.42. The molecule has 0 spiro atoms. The zero-order valence-electron chi connectivity index (χ0n) is 9.85. The van der Waals surface area contributed by atoms with Gasteiger partial charge in [-0.25, -0.2) is 9.18 Å². The van der Waals surface area contributed by atoms with Crippen LogP contribution in [0.25, 0.3) is 0 Å². The number of carbonyl (C=O) groups is 1. The summed E-state index contributed by atoms with van der Waals surface area (Å²) in [6, 6.07) is 5.58. The molecule has 1 rings (SSSR count). The second-order valence-electron chi connectivity index (χ2n) is 3.46. The second kappa shape index (κ2) is 6.20. The van der Waals surface area contributed by atoms with E-state index in [2.05, 4.69) is 4.74 Å². The van der Waals surface area contributed by atoms with Crippen LogP contribution in [0.15, 0.2) is 24.3 Å². The molecule has 0 bridgehead atoms. The van der Waals surface area contributed by atoms with Gasteiger partial charge in [0.25, 0.3) is 0 Å². The summed E-state index contributed by atoms with van der Waals surface area (Å²) in [6.45, 7) is 1.74. The Balaban J connectivity index is 2.80. The lowest BCUT2D eigenvalue weighted by atomic mass is 10.0. The van der Waals surface area contributed by atoms with Crippen LogP contribution in [-0.4, -0.2) is 25.9 Å². The molecule has 1 unspecified atom stereocenters. The van der Waals surface area contributed by atoms with Gasteiger partial charge >= 0.3 is 5.97 Å². The van der Waals surface area contributed by atoms with Crippen molar-refractivity contribution in [1.82, 2.24) is 0 Å². The van der Waals surface area contributed by atoms with Crippen LogP contribution >= 0.6 is 0 Å². The first-order valence-corrected chi connectivity index (χ1v) is 5.30. The highest BCUT2D eigenvalue weighted by Crippen LogP contribution is 2.22. The summed E-state index contributed by atoms with van der Waals surface area (Å²) in [7, 11) is 1.50. The molecule has 1 aromatic rings. The van der Waals surface area contributed by atoms with Gasteiger partial charge in [-0.05, 0) is 24.6 Å². The Labute approximate surface area is 99.5 Å². The number of nitrogens with two attached hydrogens (primary N) is 1. The molecule has 0 aliphatic heterocycles. The minimum atomic E-state index is -1.87. The highest BCUT2D eigenvalue weighted by Gasteiger charge is 2.27. The van der Waals surface area contributed by atoms with E-state index >= 15 is 0 Å². The van der Waals surface area contributed by atoms with Crippen molar-refractivity contribution >= 4 is 5.97 Å². The van der Waals surface area contributed by atoms with Crippen molar-refractivity contribution in [3.8, 4) is 5.75 Å². The van der Waals surface area contributed by atoms with E-state index in [0.717, 1.165) is 0 Å². The van der Waals surface area contributed by atoms with Crippen molar-refractivity contribution in [3.05, 3.63) is 29.8 Å². The molecule has 4 nitrogen and oxygen atoms in total. The maximum atomic E-state index is 13.7.